The van der Waals surface area contributed by atoms with E-state index in [0.717, 1.165) is 12.8 Å². The average molecular weight is 258 g/mol. The van der Waals surface area contributed by atoms with Crippen LogP contribution in [-0.2, 0) is 6.42 Å². The highest BCUT2D eigenvalue weighted by molar-refractivity contribution is 6.29. The summed E-state index contributed by atoms with van der Waals surface area (Å²) in [4.78, 5) is 8.37. The quantitative estimate of drug-likeness (QED) is 0.769. The number of aryl methyl sites for hydroxylation is 1. The lowest BCUT2D eigenvalue weighted by Crippen LogP contribution is -2.21. The standard InChI is InChI=1S/C12H20ClN3O/c1-4-11-15-10(13)6-12(16-11)14-7-9(17)5-8(2)3/h6,8-9,17H,4-5,7H2,1-3H3,(H,14,15,16). The third kappa shape index (κ3) is 5.33. The third-order valence-electron chi connectivity index (χ3n) is 2.32. The summed E-state index contributed by atoms with van der Waals surface area (Å²) in [6.07, 6.45) is 1.14. The molecule has 1 aromatic heterocycles. The number of nitrogens with zero attached hydrogens (tertiary/aromatic N) is 2. The molecule has 2 N–H and O–H groups in total. The second kappa shape index (κ2) is 6.77. The predicted molar refractivity (Wildman–Crippen MR) is 70.4 cm³/mol. The van der Waals surface area contributed by atoms with Crippen LogP contribution in [0.4, 0.5) is 5.82 Å². The fraction of sp³-hybridized carbons (Fsp3) is 0.667. The van der Waals surface area contributed by atoms with Gasteiger partial charge in [-0.3, -0.25) is 0 Å². The van der Waals surface area contributed by atoms with Crippen molar-refractivity contribution in [2.45, 2.75) is 39.7 Å². The van der Waals surface area contributed by atoms with Crippen molar-refractivity contribution in [2.24, 2.45) is 5.92 Å². The van der Waals surface area contributed by atoms with Gasteiger partial charge in [0.15, 0.2) is 0 Å². The molecule has 1 unspecified atom stereocenters. The van der Waals surface area contributed by atoms with Gasteiger partial charge in [-0.15, -0.1) is 0 Å². The molecule has 0 radical (unpaired) electrons. The van der Waals surface area contributed by atoms with Crippen molar-refractivity contribution < 1.29 is 5.11 Å². The van der Waals surface area contributed by atoms with Crippen LogP contribution in [0.25, 0.3) is 0 Å². The second-order valence-corrected chi connectivity index (χ2v) is 4.90. The number of hydrogen-bond acceptors (Lipinski definition) is 4. The molecule has 0 bridgehead atoms. The molecule has 0 aliphatic carbocycles. The van der Waals surface area contributed by atoms with Crippen molar-refractivity contribution in [1.82, 2.24) is 9.97 Å². The zero-order chi connectivity index (χ0) is 12.8. The van der Waals surface area contributed by atoms with Crippen molar-refractivity contribution in [2.75, 3.05) is 11.9 Å². The summed E-state index contributed by atoms with van der Waals surface area (Å²) in [5, 5.41) is 13.2. The molecule has 0 spiro atoms. The van der Waals surface area contributed by atoms with E-state index in [-0.39, 0.29) is 6.10 Å². The molecular weight excluding hydrogens is 238 g/mol. The average Bonchev–Trinajstić information content (AvgIpc) is 2.24. The monoisotopic (exact) mass is 257 g/mol. The number of aliphatic hydroxyl groups excluding tert-OH is 1. The highest BCUT2D eigenvalue weighted by atomic mass is 35.5. The van der Waals surface area contributed by atoms with Crippen LogP contribution in [0.5, 0.6) is 0 Å². The lowest BCUT2D eigenvalue weighted by molar-refractivity contribution is 0.161. The zero-order valence-electron chi connectivity index (χ0n) is 10.6. The molecule has 0 fully saturated rings. The molecule has 1 rings (SSSR count). The van der Waals surface area contributed by atoms with Crippen LogP contribution in [0.1, 0.15) is 33.0 Å². The van der Waals surface area contributed by atoms with Crippen molar-refractivity contribution in [1.29, 1.82) is 0 Å². The van der Waals surface area contributed by atoms with Crippen LogP contribution < -0.4 is 5.32 Å². The van der Waals surface area contributed by atoms with E-state index in [4.69, 9.17) is 11.6 Å². The van der Waals surface area contributed by atoms with Crippen LogP contribution in [-0.4, -0.2) is 27.7 Å². The lowest BCUT2D eigenvalue weighted by atomic mass is 10.1. The fourth-order valence-electron chi connectivity index (χ4n) is 1.56. The van der Waals surface area contributed by atoms with Crippen molar-refractivity contribution in [3.63, 3.8) is 0 Å². The number of aromatic nitrogens is 2. The molecule has 1 heterocycles. The Morgan fingerprint density at radius 1 is 1.41 bits per heavy atom. The van der Waals surface area contributed by atoms with E-state index in [2.05, 4.69) is 29.1 Å². The number of halogens is 1. The summed E-state index contributed by atoms with van der Waals surface area (Å²) in [6, 6.07) is 1.67. The first-order valence-electron chi connectivity index (χ1n) is 5.96. The molecule has 0 aliphatic heterocycles. The highest BCUT2D eigenvalue weighted by Crippen LogP contribution is 2.12. The van der Waals surface area contributed by atoms with Crippen LogP contribution in [0, 0.1) is 5.92 Å². The van der Waals surface area contributed by atoms with Gasteiger partial charge in [0, 0.05) is 19.0 Å². The molecule has 0 aliphatic rings. The molecule has 5 heteroatoms. The molecule has 96 valence electrons. The summed E-state index contributed by atoms with van der Waals surface area (Å²) < 4.78 is 0. The number of nitrogens with one attached hydrogen (secondary N) is 1. The van der Waals surface area contributed by atoms with E-state index in [0.29, 0.717) is 29.3 Å². The Labute approximate surface area is 107 Å². The summed E-state index contributed by atoms with van der Waals surface area (Å²) >= 11 is 5.87. The number of aliphatic hydroxyl groups is 1. The summed E-state index contributed by atoms with van der Waals surface area (Å²) in [5.74, 6) is 1.86. The summed E-state index contributed by atoms with van der Waals surface area (Å²) in [5.41, 5.74) is 0. The Morgan fingerprint density at radius 2 is 2.12 bits per heavy atom. The minimum atomic E-state index is -0.367. The summed E-state index contributed by atoms with van der Waals surface area (Å²) in [7, 11) is 0. The maximum absolute atomic E-state index is 9.74. The maximum Gasteiger partial charge on any atom is 0.134 e. The van der Waals surface area contributed by atoms with Crippen LogP contribution in [0.15, 0.2) is 6.07 Å². The lowest BCUT2D eigenvalue weighted by Gasteiger charge is -2.14. The Morgan fingerprint density at radius 3 is 2.71 bits per heavy atom. The van der Waals surface area contributed by atoms with E-state index in [1.54, 1.807) is 6.07 Å². The fourth-order valence-corrected chi connectivity index (χ4v) is 1.76. The van der Waals surface area contributed by atoms with E-state index in [1.165, 1.54) is 0 Å². The van der Waals surface area contributed by atoms with Gasteiger partial charge in [-0.25, -0.2) is 9.97 Å². The van der Waals surface area contributed by atoms with Crippen molar-refractivity contribution in [3.8, 4) is 0 Å². The van der Waals surface area contributed by atoms with Crippen LogP contribution in [0.2, 0.25) is 5.15 Å². The first kappa shape index (κ1) is 14.2. The van der Waals surface area contributed by atoms with E-state index in [9.17, 15) is 5.11 Å². The van der Waals surface area contributed by atoms with Gasteiger partial charge in [-0.05, 0) is 12.3 Å². The van der Waals surface area contributed by atoms with Crippen molar-refractivity contribution >= 4 is 17.4 Å². The minimum Gasteiger partial charge on any atom is -0.391 e. The van der Waals surface area contributed by atoms with Crippen LogP contribution >= 0.6 is 11.6 Å². The number of hydrogen-bond donors (Lipinski definition) is 2. The first-order chi connectivity index (χ1) is 8.01. The molecule has 1 aromatic rings. The van der Waals surface area contributed by atoms with Gasteiger partial charge in [-0.2, -0.15) is 0 Å². The Balaban J connectivity index is 2.54. The van der Waals surface area contributed by atoms with E-state index >= 15 is 0 Å². The van der Waals surface area contributed by atoms with Gasteiger partial charge in [0.2, 0.25) is 0 Å². The third-order valence-corrected chi connectivity index (χ3v) is 2.51. The largest absolute Gasteiger partial charge is 0.391 e. The van der Waals surface area contributed by atoms with E-state index in [1.807, 2.05) is 6.92 Å². The smallest absolute Gasteiger partial charge is 0.134 e. The molecule has 4 nitrogen and oxygen atoms in total. The minimum absolute atomic E-state index is 0.367. The second-order valence-electron chi connectivity index (χ2n) is 4.51. The first-order valence-corrected chi connectivity index (χ1v) is 6.34. The highest BCUT2D eigenvalue weighted by Gasteiger charge is 2.08. The van der Waals surface area contributed by atoms with Gasteiger partial charge in [0.25, 0.3) is 0 Å². The molecule has 0 saturated heterocycles. The Kier molecular flexibility index (Phi) is 5.65. The molecule has 0 amide bonds. The molecule has 0 saturated carbocycles. The predicted octanol–water partition coefficient (Wildman–Crippen LogP) is 2.51. The molecule has 0 aromatic carbocycles. The normalized spacial score (nSPS) is 12.8. The van der Waals surface area contributed by atoms with E-state index < -0.39 is 0 Å². The molecular formula is C12H20ClN3O. The topological polar surface area (TPSA) is 58.0 Å². The zero-order valence-corrected chi connectivity index (χ0v) is 11.3. The molecule has 17 heavy (non-hydrogen) atoms. The van der Waals surface area contributed by atoms with Gasteiger partial charge in [-0.1, -0.05) is 32.4 Å². The number of rotatable bonds is 6. The molecule has 1 atom stereocenters. The van der Waals surface area contributed by atoms with Crippen LogP contribution in [0.3, 0.4) is 0 Å². The summed E-state index contributed by atoms with van der Waals surface area (Å²) in [6.45, 7) is 6.62. The van der Waals surface area contributed by atoms with Gasteiger partial charge < -0.3 is 10.4 Å². The van der Waals surface area contributed by atoms with Gasteiger partial charge in [0.05, 0.1) is 6.10 Å². The van der Waals surface area contributed by atoms with Crippen molar-refractivity contribution in [3.05, 3.63) is 17.0 Å². The number of anilines is 1. The maximum atomic E-state index is 9.74. The Hall–Kier alpha value is -0.870. The Bertz CT molecular complexity index is 358. The van der Waals surface area contributed by atoms with Gasteiger partial charge >= 0.3 is 0 Å². The SMILES string of the molecule is CCc1nc(Cl)cc(NCC(O)CC(C)C)n1. The van der Waals surface area contributed by atoms with Gasteiger partial charge in [0.1, 0.15) is 16.8 Å².